The van der Waals surface area contributed by atoms with Crippen LogP contribution in [0.5, 0.6) is 0 Å². The van der Waals surface area contributed by atoms with Gasteiger partial charge in [-0.1, -0.05) is 0 Å². The maximum Gasteiger partial charge on any atom is 0.183 e. The molecule has 1 fully saturated rings. The minimum atomic E-state index is 0.0796. The van der Waals surface area contributed by atoms with Crippen LogP contribution in [0.1, 0.15) is 23.3 Å². The Balaban J connectivity index is 1.42. The van der Waals surface area contributed by atoms with Gasteiger partial charge < -0.3 is 9.72 Å². The Morgan fingerprint density at radius 2 is 2.15 bits per heavy atom. The van der Waals surface area contributed by atoms with Crippen molar-refractivity contribution in [2.24, 2.45) is 7.05 Å². The summed E-state index contributed by atoms with van der Waals surface area (Å²) in [5.74, 6) is 0.0796. The van der Waals surface area contributed by atoms with Crippen LogP contribution in [0.2, 0.25) is 0 Å². The third-order valence-electron chi connectivity index (χ3n) is 4.72. The summed E-state index contributed by atoms with van der Waals surface area (Å²) in [5.41, 5.74) is 3.95. The molecular formula is C18H22N6O2. The fraction of sp³-hybridized carbons (Fsp3) is 0.444. The molecular weight excluding hydrogens is 332 g/mol. The molecule has 26 heavy (non-hydrogen) atoms. The van der Waals surface area contributed by atoms with E-state index >= 15 is 0 Å². The van der Waals surface area contributed by atoms with Gasteiger partial charge in [0.25, 0.3) is 0 Å². The van der Waals surface area contributed by atoms with Gasteiger partial charge in [0.1, 0.15) is 12.0 Å². The van der Waals surface area contributed by atoms with Gasteiger partial charge >= 0.3 is 0 Å². The lowest BCUT2D eigenvalue weighted by Crippen LogP contribution is -2.36. The van der Waals surface area contributed by atoms with E-state index in [0.717, 1.165) is 61.7 Å². The quantitative estimate of drug-likeness (QED) is 0.677. The highest BCUT2D eigenvalue weighted by Gasteiger charge is 2.16. The largest absolute Gasteiger partial charge is 0.379 e. The predicted molar refractivity (Wildman–Crippen MR) is 96.9 cm³/mol. The maximum absolute atomic E-state index is 12.5. The molecule has 0 radical (unpaired) electrons. The highest BCUT2D eigenvalue weighted by molar-refractivity contribution is 5.95. The first-order valence-corrected chi connectivity index (χ1v) is 8.87. The van der Waals surface area contributed by atoms with E-state index in [9.17, 15) is 4.79 Å². The number of morpholine rings is 1. The van der Waals surface area contributed by atoms with Crippen molar-refractivity contribution in [1.82, 2.24) is 29.6 Å². The Kier molecular flexibility index (Phi) is 4.77. The molecule has 0 atom stereocenters. The summed E-state index contributed by atoms with van der Waals surface area (Å²) in [7, 11) is 1.84. The molecule has 0 spiro atoms. The van der Waals surface area contributed by atoms with E-state index in [-0.39, 0.29) is 5.78 Å². The summed E-state index contributed by atoms with van der Waals surface area (Å²) >= 11 is 0. The standard InChI is InChI=1S/C18H22N6O2/c1-23-17(14-9-13-16(21-14)11-19-12-20-13)10-15(22-23)18(25)3-2-4-24-5-7-26-8-6-24/h9-12,21H,2-8H2,1H3. The van der Waals surface area contributed by atoms with Crippen molar-refractivity contribution >= 4 is 16.8 Å². The second kappa shape index (κ2) is 7.35. The van der Waals surface area contributed by atoms with Gasteiger partial charge in [-0.15, -0.1) is 0 Å². The van der Waals surface area contributed by atoms with Crippen LogP contribution >= 0.6 is 0 Å². The second-order valence-corrected chi connectivity index (χ2v) is 6.52. The highest BCUT2D eigenvalue weighted by Crippen LogP contribution is 2.23. The lowest BCUT2D eigenvalue weighted by molar-refractivity contribution is 0.0371. The summed E-state index contributed by atoms with van der Waals surface area (Å²) < 4.78 is 7.07. The molecule has 3 aromatic rings. The zero-order chi connectivity index (χ0) is 17.9. The van der Waals surface area contributed by atoms with Gasteiger partial charge in [-0.25, -0.2) is 9.97 Å². The first kappa shape index (κ1) is 16.9. The zero-order valence-electron chi connectivity index (χ0n) is 14.8. The molecule has 3 aromatic heterocycles. The van der Waals surface area contributed by atoms with Crippen molar-refractivity contribution in [1.29, 1.82) is 0 Å². The maximum atomic E-state index is 12.5. The van der Waals surface area contributed by atoms with E-state index in [4.69, 9.17) is 4.74 Å². The van der Waals surface area contributed by atoms with E-state index in [0.29, 0.717) is 12.1 Å². The Morgan fingerprint density at radius 1 is 1.31 bits per heavy atom. The zero-order valence-corrected chi connectivity index (χ0v) is 14.8. The third kappa shape index (κ3) is 3.51. The van der Waals surface area contributed by atoms with Gasteiger partial charge in [0.05, 0.1) is 41.8 Å². The molecule has 0 aliphatic carbocycles. The molecule has 0 unspecified atom stereocenters. The summed E-state index contributed by atoms with van der Waals surface area (Å²) in [4.78, 5) is 26.4. The number of Topliss-reactive ketones (excluding diaryl/α,β-unsaturated/α-hetero) is 1. The van der Waals surface area contributed by atoms with E-state index < -0.39 is 0 Å². The van der Waals surface area contributed by atoms with E-state index in [2.05, 4.69) is 25.0 Å². The van der Waals surface area contributed by atoms with Crippen molar-refractivity contribution in [3.8, 4) is 11.4 Å². The van der Waals surface area contributed by atoms with E-state index in [1.54, 1.807) is 10.9 Å². The van der Waals surface area contributed by atoms with E-state index in [1.807, 2.05) is 19.2 Å². The van der Waals surface area contributed by atoms with Gasteiger partial charge in [0.2, 0.25) is 0 Å². The first-order valence-electron chi connectivity index (χ1n) is 8.87. The molecule has 0 aromatic carbocycles. The SMILES string of the molecule is Cn1nc(C(=O)CCCN2CCOCC2)cc1-c1cc2ncncc2[nH]1. The van der Waals surface area contributed by atoms with Crippen LogP contribution in [0.3, 0.4) is 0 Å². The lowest BCUT2D eigenvalue weighted by Gasteiger charge is -2.26. The number of carbonyl (C=O) groups is 1. The first-order chi connectivity index (χ1) is 12.7. The van der Waals surface area contributed by atoms with Crippen molar-refractivity contribution in [2.45, 2.75) is 12.8 Å². The molecule has 4 heterocycles. The van der Waals surface area contributed by atoms with E-state index in [1.165, 1.54) is 6.33 Å². The number of rotatable bonds is 6. The van der Waals surface area contributed by atoms with Crippen molar-refractivity contribution < 1.29 is 9.53 Å². The molecule has 0 bridgehead atoms. The Bertz CT molecular complexity index is 876. The topological polar surface area (TPSA) is 88.9 Å². The third-order valence-corrected chi connectivity index (χ3v) is 4.72. The number of hydrogen-bond donors (Lipinski definition) is 1. The van der Waals surface area contributed by atoms with Crippen LogP contribution in [0.4, 0.5) is 0 Å². The molecule has 0 saturated carbocycles. The summed E-state index contributed by atoms with van der Waals surface area (Å²) in [6.45, 7) is 4.39. The number of aryl methyl sites for hydroxylation is 1. The number of carbonyl (C=O) groups excluding carboxylic acids is 1. The van der Waals surface area contributed by atoms with Crippen molar-refractivity contribution in [3.63, 3.8) is 0 Å². The predicted octanol–water partition coefficient (Wildman–Crippen LogP) is 1.65. The van der Waals surface area contributed by atoms with Crippen LogP contribution in [-0.2, 0) is 11.8 Å². The van der Waals surface area contributed by atoms with Gasteiger partial charge in [0, 0.05) is 26.6 Å². The number of ketones is 1. The molecule has 8 nitrogen and oxygen atoms in total. The van der Waals surface area contributed by atoms with Crippen LogP contribution in [-0.4, -0.2) is 68.3 Å². The number of nitrogens with one attached hydrogen (secondary N) is 1. The molecule has 8 heteroatoms. The average molecular weight is 354 g/mol. The van der Waals surface area contributed by atoms with Gasteiger partial charge in [0.15, 0.2) is 5.78 Å². The molecule has 0 amide bonds. The molecule has 4 rings (SSSR count). The van der Waals surface area contributed by atoms with Gasteiger partial charge in [-0.05, 0) is 25.1 Å². The summed E-state index contributed by atoms with van der Waals surface area (Å²) in [5, 5.41) is 4.40. The number of aromatic amines is 1. The normalized spacial score (nSPS) is 15.6. The van der Waals surface area contributed by atoms with Crippen LogP contribution in [0.15, 0.2) is 24.7 Å². The fourth-order valence-corrected chi connectivity index (χ4v) is 3.28. The molecule has 1 aliphatic rings. The van der Waals surface area contributed by atoms with Crippen molar-refractivity contribution in [2.75, 3.05) is 32.8 Å². The molecule has 136 valence electrons. The minimum Gasteiger partial charge on any atom is -0.379 e. The molecule has 1 aliphatic heterocycles. The smallest absolute Gasteiger partial charge is 0.183 e. The fourth-order valence-electron chi connectivity index (χ4n) is 3.28. The Labute approximate surface area is 151 Å². The number of nitrogens with zero attached hydrogens (tertiary/aromatic N) is 5. The van der Waals surface area contributed by atoms with Crippen LogP contribution in [0, 0.1) is 0 Å². The van der Waals surface area contributed by atoms with Crippen LogP contribution < -0.4 is 0 Å². The van der Waals surface area contributed by atoms with Crippen molar-refractivity contribution in [3.05, 3.63) is 30.4 Å². The summed E-state index contributed by atoms with van der Waals surface area (Å²) in [6.07, 6.45) is 4.60. The van der Waals surface area contributed by atoms with Crippen LogP contribution in [0.25, 0.3) is 22.4 Å². The number of hydrogen-bond acceptors (Lipinski definition) is 6. The molecule has 1 saturated heterocycles. The molecule has 1 N–H and O–H groups in total. The average Bonchev–Trinajstić information content (AvgIpc) is 3.25. The number of fused-ring (bicyclic) bond motifs is 1. The lowest BCUT2D eigenvalue weighted by atomic mass is 10.1. The minimum absolute atomic E-state index is 0.0796. The Morgan fingerprint density at radius 3 is 2.96 bits per heavy atom. The second-order valence-electron chi connectivity index (χ2n) is 6.52. The Hall–Kier alpha value is -2.58. The number of H-pyrrole nitrogens is 1. The monoisotopic (exact) mass is 354 g/mol. The highest BCUT2D eigenvalue weighted by atomic mass is 16.5. The van der Waals surface area contributed by atoms with Gasteiger partial charge in [-0.2, -0.15) is 5.10 Å². The summed E-state index contributed by atoms with van der Waals surface area (Å²) in [6, 6.07) is 3.79. The van der Waals surface area contributed by atoms with Gasteiger partial charge in [-0.3, -0.25) is 14.4 Å². The number of aromatic nitrogens is 5. The number of ether oxygens (including phenoxy) is 1.